The molecule has 3 atom stereocenters. The maximum Gasteiger partial charge on any atom is 0.319 e. The van der Waals surface area contributed by atoms with Crippen LogP contribution in [-0.4, -0.2) is 75.0 Å². The molecule has 3 aliphatic rings. The third kappa shape index (κ3) is 5.29. The standard InChI is InChI=1S/C36H39F2N5O3/c1-4-24-27(37)11-10-22-17-23(44)18-25(29(22)24)31-30(38)32-26(19-39-31)33(43-16-6-5-12-35(2,45)20-43)41-34(40-32)46-21-36-13-7-9-28(36)42(3)15-8-14-36/h1,10-11,17-19,28,44-45H,5-9,12-16,20-21H2,2-3H3. The molecule has 0 amide bonds. The maximum atomic E-state index is 16.9. The molecule has 7 rings (SSSR count). The molecule has 1 saturated carbocycles. The van der Waals surface area contributed by atoms with Crippen molar-refractivity contribution in [1.29, 1.82) is 0 Å². The van der Waals surface area contributed by atoms with Crippen molar-refractivity contribution < 1.29 is 23.7 Å². The number of aromatic hydroxyl groups is 1. The van der Waals surface area contributed by atoms with Crippen LogP contribution in [0, 0.1) is 29.4 Å². The molecule has 2 aliphatic heterocycles. The zero-order chi connectivity index (χ0) is 32.2. The normalized spacial score (nSPS) is 25.4. The smallest absolute Gasteiger partial charge is 0.319 e. The fraction of sp³-hybridized carbons (Fsp3) is 0.472. The molecule has 3 unspecified atom stereocenters. The summed E-state index contributed by atoms with van der Waals surface area (Å²) in [6, 6.07) is 5.98. The fourth-order valence-electron chi connectivity index (χ4n) is 8.21. The molecule has 0 bridgehead atoms. The average Bonchev–Trinajstić information content (AvgIpc) is 3.38. The molecule has 0 spiro atoms. The lowest BCUT2D eigenvalue weighted by Gasteiger charge is -2.44. The number of hydrogen-bond donors (Lipinski definition) is 2. The first-order chi connectivity index (χ1) is 22.1. The summed E-state index contributed by atoms with van der Waals surface area (Å²) in [5, 5.41) is 22.7. The third-order valence-corrected chi connectivity index (χ3v) is 10.4. The molecule has 0 radical (unpaired) electrons. The number of terminal acetylenes is 1. The Balaban J connectivity index is 1.39. The van der Waals surface area contributed by atoms with Gasteiger partial charge in [0.15, 0.2) is 5.82 Å². The molecule has 10 heteroatoms. The molecule has 2 aromatic carbocycles. The topological polar surface area (TPSA) is 94.8 Å². The van der Waals surface area contributed by atoms with Gasteiger partial charge in [0.1, 0.15) is 28.6 Å². The molecular formula is C36H39F2N5O3. The summed E-state index contributed by atoms with van der Waals surface area (Å²) in [5.74, 6) is 1.29. The van der Waals surface area contributed by atoms with Crippen LogP contribution in [0.4, 0.5) is 14.6 Å². The van der Waals surface area contributed by atoms with Crippen LogP contribution in [0.1, 0.15) is 63.9 Å². The van der Waals surface area contributed by atoms with Gasteiger partial charge in [0, 0.05) is 41.7 Å². The number of likely N-dealkylation sites (tertiary alicyclic amines) is 1. The minimum absolute atomic E-state index is 0.00900. The Bertz CT molecular complexity index is 1880. The molecule has 4 aromatic rings. The Morgan fingerprint density at radius 2 is 1.91 bits per heavy atom. The van der Waals surface area contributed by atoms with E-state index < -0.39 is 17.2 Å². The summed E-state index contributed by atoms with van der Waals surface area (Å²) in [5.41, 5.74) is -1.01. The fourth-order valence-corrected chi connectivity index (χ4v) is 8.21. The van der Waals surface area contributed by atoms with Crippen molar-refractivity contribution in [3.8, 4) is 35.4 Å². The van der Waals surface area contributed by atoms with Crippen molar-refractivity contribution in [3.63, 3.8) is 0 Å². The van der Waals surface area contributed by atoms with Crippen LogP contribution in [0.2, 0.25) is 0 Å². The summed E-state index contributed by atoms with van der Waals surface area (Å²) in [4.78, 5) is 18.3. The van der Waals surface area contributed by atoms with Crippen LogP contribution < -0.4 is 9.64 Å². The third-order valence-electron chi connectivity index (χ3n) is 10.4. The quantitative estimate of drug-likeness (QED) is 0.253. The van der Waals surface area contributed by atoms with Gasteiger partial charge in [0.05, 0.1) is 23.2 Å². The number of anilines is 1. The van der Waals surface area contributed by atoms with Gasteiger partial charge in [-0.05, 0) is 89.0 Å². The van der Waals surface area contributed by atoms with E-state index in [4.69, 9.17) is 16.1 Å². The van der Waals surface area contributed by atoms with Gasteiger partial charge in [0.25, 0.3) is 0 Å². The van der Waals surface area contributed by atoms with Crippen LogP contribution in [0.25, 0.3) is 32.9 Å². The highest BCUT2D eigenvalue weighted by Gasteiger charge is 2.47. The second-order valence-electron chi connectivity index (χ2n) is 13.7. The number of ether oxygens (including phenoxy) is 1. The Hall–Kier alpha value is -4.07. The number of aliphatic hydroxyl groups is 1. The molecule has 46 heavy (non-hydrogen) atoms. The van der Waals surface area contributed by atoms with E-state index in [0.29, 0.717) is 48.7 Å². The van der Waals surface area contributed by atoms with Gasteiger partial charge in [-0.2, -0.15) is 9.97 Å². The molecule has 2 aromatic heterocycles. The molecule has 1 aliphatic carbocycles. The summed E-state index contributed by atoms with van der Waals surface area (Å²) in [7, 11) is 2.17. The van der Waals surface area contributed by atoms with Gasteiger partial charge < -0.3 is 24.7 Å². The Morgan fingerprint density at radius 3 is 2.74 bits per heavy atom. The predicted molar refractivity (Wildman–Crippen MR) is 174 cm³/mol. The lowest BCUT2D eigenvalue weighted by Crippen LogP contribution is -2.50. The lowest BCUT2D eigenvalue weighted by molar-refractivity contribution is 0.0133. The van der Waals surface area contributed by atoms with Gasteiger partial charge in [-0.1, -0.05) is 18.4 Å². The number of fused-ring (bicyclic) bond motifs is 3. The van der Waals surface area contributed by atoms with Gasteiger partial charge in [0.2, 0.25) is 0 Å². The highest BCUT2D eigenvalue weighted by atomic mass is 19.1. The van der Waals surface area contributed by atoms with Crippen molar-refractivity contribution >= 4 is 27.5 Å². The number of phenolic OH excluding ortho intramolecular Hbond substituents is 1. The predicted octanol–water partition coefficient (Wildman–Crippen LogP) is 6.19. The minimum atomic E-state index is -0.959. The average molecular weight is 628 g/mol. The monoisotopic (exact) mass is 627 g/mol. The first kappa shape index (κ1) is 30.6. The largest absolute Gasteiger partial charge is 0.508 e. The Kier molecular flexibility index (Phi) is 7.73. The van der Waals surface area contributed by atoms with E-state index in [1.807, 2.05) is 4.90 Å². The van der Waals surface area contributed by atoms with Crippen molar-refractivity contribution in [2.45, 2.75) is 69.9 Å². The maximum absolute atomic E-state index is 16.9. The zero-order valence-electron chi connectivity index (χ0n) is 26.3. The second kappa shape index (κ2) is 11.6. The second-order valence-corrected chi connectivity index (χ2v) is 13.7. The number of halogens is 2. The number of aromatic nitrogens is 3. The molecule has 2 N–H and O–H groups in total. The van der Waals surface area contributed by atoms with Gasteiger partial charge in [-0.15, -0.1) is 6.42 Å². The van der Waals surface area contributed by atoms with Crippen LogP contribution in [0.3, 0.4) is 0 Å². The number of piperidine rings is 1. The molecule has 240 valence electrons. The number of phenols is 1. The highest BCUT2D eigenvalue weighted by Crippen LogP contribution is 2.47. The Labute approximate surface area is 267 Å². The summed E-state index contributed by atoms with van der Waals surface area (Å²) in [6.45, 7) is 4.21. The number of benzene rings is 2. The molecule has 3 fully saturated rings. The summed E-state index contributed by atoms with van der Waals surface area (Å²) < 4.78 is 38.1. The van der Waals surface area contributed by atoms with E-state index in [0.717, 1.165) is 51.5 Å². The van der Waals surface area contributed by atoms with E-state index in [9.17, 15) is 14.6 Å². The van der Waals surface area contributed by atoms with Crippen LogP contribution in [0.5, 0.6) is 11.8 Å². The summed E-state index contributed by atoms with van der Waals surface area (Å²) in [6.07, 6.45) is 15.0. The zero-order valence-corrected chi connectivity index (χ0v) is 26.3. The van der Waals surface area contributed by atoms with E-state index >= 15 is 4.39 Å². The Morgan fingerprint density at radius 1 is 1.09 bits per heavy atom. The first-order valence-electron chi connectivity index (χ1n) is 16.2. The number of β-amino-alcohol motifs (C(OH)–C–C–N with tert-alkyl or cyclic N) is 1. The van der Waals surface area contributed by atoms with Crippen molar-refractivity contribution in [2.24, 2.45) is 5.41 Å². The van der Waals surface area contributed by atoms with Gasteiger partial charge >= 0.3 is 6.01 Å². The van der Waals surface area contributed by atoms with Crippen LogP contribution >= 0.6 is 0 Å². The number of pyridine rings is 1. The van der Waals surface area contributed by atoms with Crippen LogP contribution in [-0.2, 0) is 0 Å². The molecule has 8 nitrogen and oxygen atoms in total. The molecule has 2 saturated heterocycles. The summed E-state index contributed by atoms with van der Waals surface area (Å²) >= 11 is 0. The highest BCUT2D eigenvalue weighted by molar-refractivity contribution is 6.03. The minimum Gasteiger partial charge on any atom is -0.508 e. The first-order valence-corrected chi connectivity index (χ1v) is 16.2. The van der Waals surface area contributed by atoms with Gasteiger partial charge in [-0.3, -0.25) is 4.98 Å². The SMILES string of the molecule is C#Cc1c(F)ccc2cc(O)cc(-c3ncc4c(N5CCCCC(C)(O)C5)nc(OCC56CCCC5N(C)CCC6)nc4c3F)c12. The van der Waals surface area contributed by atoms with E-state index in [2.05, 4.69) is 27.8 Å². The molecular weight excluding hydrogens is 588 g/mol. The number of rotatable bonds is 5. The van der Waals surface area contributed by atoms with Crippen molar-refractivity contribution in [2.75, 3.05) is 38.2 Å². The number of hydrogen-bond acceptors (Lipinski definition) is 8. The van der Waals surface area contributed by atoms with E-state index in [1.165, 1.54) is 30.5 Å². The van der Waals surface area contributed by atoms with Crippen LogP contribution in [0.15, 0.2) is 30.5 Å². The van der Waals surface area contributed by atoms with Crippen molar-refractivity contribution in [3.05, 3.63) is 47.7 Å². The van der Waals surface area contributed by atoms with Crippen molar-refractivity contribution in [1.82, 2.24) is 19.9 Å². The van der Waals surface area contributed by atoms with Gasteiger partial charge in [-0.25, -0.2) is 8.78 Å². The molecule has 4 heterocycles. The van der Waals surface area contributed by atoms with E-state index in [-0.39, 0.29) is 44.9 Å². The van der Waals surface area contributed by atoms with E-state index in [1.54, 1.807) is 6.92 Å². The number of nitrogens with zero attached hydrogens (tertiary/aromatic N) is 5. The lowest BCUT2D eigenvalue weighted by atomic mass is 9.76.